The van der Waals surface area contributed by atoms with Gasteiger partial charge in [0, 0.05) is 27.6 Å². The summed E-state index contributed by atoms with van der Waals surface area (Å²) in [5.74, 6) is 0.453. The van der Waals surface area contributed by atoms with Crippen LogP contribution in [0.2, 0.25) is 0 Å². The van der Waals surface area contributed by atoms with E-state index in [-0.39, 0.29) is 18.4 Å². The number of likely N-dealkylation sites (N-methyl/N-ethyl adjacent to an activating group) is 2. The standard InChI is InChI=1S/C11H21N3O2/c1-13(2)11(16)8-14(3)10(15)6-9-4-5-12-7-9/h9,12H,4-8H2,1-3H3. The molecule has 1 rings (SSSR count). The summed E-state index contributed by atoms with van der Waals surface area (Å²) in [6.07, 6.45) is 1.60. The first-order chi connectivity index (χ1) is 7.50. The third kappa shape index (κ3) is 3.81. The molecule has 1 fully saturated rings. The average Bonchev–Trinajstić information content (AvgIpc) is 2.69. The van der Waals surface area contributed by atoms with Crippen molar-refractivity contribution in [1.29, 1.82) is 0 Å². The highest BCUT2D eigenvalue weighted by molar-refractivity contribution is 5.84. The van der Waals surface area contributed by atoms with E-state index in [0.717, 1.165) is 19.5 Å². The zero-order valence-corrected chi connectivity index (χ0v) is 10.3. The highest BCUT2D eigenvalue weighted by Crippen LogP contribution is 2.13. The minimum absolute atomic E-state index is 0.0413. The highest BCUT2D eigenvalue weighted by atomic mass is 16.2. The molecule has 5 heteroatoms. The van der Waals surface area contributed by atoms with Crippen molar-refractivity contribution in [1.82, 2.24) is 15.1 Å². The average molecular weight is 227 g/mol. The van der Waals surface area contributed by atoms with Crippen molar-refractivity contribution in [2.75, 3.05) is 40.8 Å². The van der Waals surface area contributed by atoms with E-state index in [1.807, 2.05) is 0 Å². The van der Waals surface area contributed by atoms with Crippen LogP contribution >= 0.6 is 0 Å². The maximum Gasteiger partial charge on any atom is 0.241 e. The van der Waals surface area contributed by atoms with Crippen LogP contribution in [0.25, 0.3) is 0 Å². The van der Waals surface area contributed by atoms with E-state index in [1.165, 1.54) is 9.80 Å². The van der Waals surface area contributed by atoms with E-state index in [1.54, 1.807) is 21.1 Å². The third-order valence-corrected chi connectivity index (χ3v) is 2.92. The van der Waals surface area contributed by atoms with Gasteiger partial charge < -0.3 is 15.1 Å². The van der Waals surface area contributed by atoms with Crippen molar-refractivity contribution in [3.8, 4) is 0 Å². The minimum Gasteiger partial charge on any atom is -0.347 e. The number of hydrogen-bond acceptors (Lipinski definition) is 3. The first kappa shape index (κ1) is 13.0. The van der Waals surface area contributed by atoms with Crippen LogP contribution in [0, 0.1) is 5.92 Å². The lowest BCUT2D eigenvalue weighted by molar-refractivity contribution is -0.138. The quantitative estimate of drug-likeness (QED) is 0.706. The molecule has 1 unspecified atom stereocenters. The number of amides is 2. The van der Waals surface area contributed by atoms with Gasteiger partial charge >= 0.3 is 0 Å². The van der Waals surface area contributed by atoms with E-state index in [9.17, 15) is 9.59 Å². The Labute approximate surface area is 96.8 Å². The molecule has 0 spiro atoms. The maximum atomic E-state index is 11.8. The monoisotopic (exact) mass is 227 g/mol. The number of nitrogens with zero attached hydrogens (tertiary/aromatic N) is 2. The molecule has 1 aliphatic rings. The molecule has 2 amide bonds. The molecule has 5 nitrogen and oxygen atoms in total. The summed E-state index contributed by atoms with van der Waals surface area (Å²) >= 11 is 0. The van der Waals surface area contributed by atoms with Crippen molar-refractivity contribution < 1.29 is 9.59 Å². The Morgan fingerprint density at radius 3 is 2.44 bits per heavy atom. The van der Waals surface area contributed by atoms with E-state index in [0.29, 0.717) is 12.3 Å². The van der Waals surface area contributed by atoms with Gasteiger partial charge in [0.25, 0.3) is 0 Å². The molecule has 0 saturated carbocycles. The number of carbonyl (C=O) groups is 2. The van der Waals surface area contributed by atoms with Crippen molar-refractivity contribution in [3.05, 3.63) is 0 Å². The molecule has 0 bridgehead atoms. The van der Waals surface area contributed by atoms with E-state index < -0.39 is 0 Å². The number of nitrogens with one attached hydrogen (secondary N) is 1. The second-order valence-electron chi connectivity index (χ2n) is 4.60. The van der Waals surface area contributed by atoms with Gasteiger partial charge in [0.15, 0.2) is 0 Å². The molecule has 0 aromatic heterocycles. The number of rotatable bonds is 4. The Bertz CT molecular complexity index is 260. The Hall–Kier alpha value is -1.10. The van der Waals surface area contributed by atoms with Crippen molar-refractivity contribution in [3.63, 3.8) is 0 Å². The molecule has 1 atom stereocenters. The van der Waals surface area contributed by atoms with Gasteiger partial charge in [-0.25, -0.2) is 0 Å². The fraction of sp³-hybridized carbons (Fsp3) is 0.818. The van der Waals surface area contributed by atoms with Crippen LogP contribution < -0.4 is 5.32 Å². The van der Waals surface area contributed by atoms with Crippen molar-refractivity contribution in [2.24, 2.45) is 5.92 Å². The van der Waals surface area contributed by atoms with E-state index in [2.05, 4.69) is 5.32 Å². The lowest BCUT2D eigenvalue weighted by Gasteiger charge is -2.20. The molecule has 0 aliphatic carbocycles. The lowest BCUT2D eigenvalue weighted by atomic mass is 10.0. The normalized spacial score (nSPS) is 19.6. The van der Waals surface area contributed by atoms with Gasteiger partial charge in [-0.1, -0.05) is 0 Å². The van der Waals surface area contributed by atoms with Gasteiger partial charge in [-0.05, 0) is 25.4 Å². The number of hydrogen-bond donors (Lipinski definition) is 1. The zero-order valence-electron chi connectivity index (χ0n) is 10.3. The minimum atomic E-state index is -0.0413. The van der Waals surface area contributed by atoms with Gasteiger partial charge in [-0.3, -0.25) is 9.59 Å². The first-order valence-corrected chi connectivity index (χ1v) is 5.65. The zero-order chi connectivity index (χ0) is 12.1. The largest absolute Gasteiger partial charge is 0.347 e. The molecular formula is C11H21N3O2. The second-order valence-corrected chi connectivity index (χ2v) is 4.60. The van der Waals surface area contributed by atoms with Crippen LogP contribution in [0.1, 0.15) is 12.8 Å². The molecule has 92 valence electrons. The Balaban J connectivity index is 2.32. The highest BCUT2D eigenvalue weighted by Gasteiger charge is 2.21. The predicted molar refractivity (Wildman–Crippen MR) is 61.9 cm³/mol. The fourth-order valence-electron chi connectivity index (χ4n) is 1.72. The SMILES string of the molecule is CN(C)C(=O)CN(C)C(=O)CC1CCNC1. The molecule has 0 radical (unpaired) electrons. The van der Waals surface area contributed by atoms with Crippen LogP contribution in [-0.2, 0) is 9.59 Å². The molecule has 0 aromatic carbocycles. The molecule has 1 N–H and O–H groups in total. The summed E-state index contributed by atoms with van der Waals surface area (Å²) in [6.45, 7) is 2.09. The van der Waals surface area contributed by atoms with Crippen LogP contribution in [-0.4, -0.2) is 62.4 Å². The van der Waals surface area contributed by atoms with E-state index in [4.69, 9.17) is 0 Å². The van der Waals surface area contributed by atoms with Crippen LogP contribution in [0.5, 0.6) is 0 Å². The summed E-state index contributed by atoms with van der Waals surface area (Å²) in [5.41, 5.74) is 0. The summed E-state index contributed by atoms with van der Waals surface area (Å²) in [6, 6.07) is 0. The summed E-state index contributed by atoms with van der Waals surface area (Å²) in [5, 5.41) is 3.23. The smallest absolute Gasteiger partial charge is 0.241 e. The molecule has 1 saturated heterocycles. The molecular weight excluding hydrogens is 206 g/mol. The molecule has 16 heavy (non-hydrogen) atoms. The van der Waals surface area contributed by atoms with Gasteiger partial charge in [0.1, 0.15) is 0 Å². The van der Waals surface area contributed by atoms with Crippen LogP contribution in [0.3, 0.4) is 0 Å². The maximum absolute atomic E-state index is 11.8. The van der Waals surface area contributed by atoms with E-state index >= 15 is 0 Å². The van der Waals surface area contributed by atoms with Gasteiger partial charge in [-0.15, -0.1) is 0 Å². The first-order valence-electron chi connectivity index (χ1n) is 5.65. The van der Waals surface area contributed by atoms with Gasteiger partial charge in [-0.2, -0.15) is 0 Å². The fourth-order valence-corrected chi connectivity index (χ4v) is 1.72. The summed E-state index contributed by atoms with van der Waals surface area (Å²) in [7, 11) is 5.08. The lowest BCUT2D eigenvalue weighted by Crippen LogP contribution is -2.38. The van der Waals surface area contributed by atoms with Gasteiger partial charge in [0.05, 0.1) is 6.54 Å². The molecule has 1 aliphatic heterocycles. The molecule has 1 heterocycles. The van der Waals surface area contributed by atoms with Crippen LogP contribution in [0.4, 0.5) is 0 Å². The summed E-state index contributed by atoms with van der Waals surface area (Å²) < 4.78 is 0. The van der Waals surface area contributed by atoms with Crippen molar-refractivity contribution in [2.45, 2.75) is 12.8 Å². The Morgan fingerprint density at radius 2 is 1.94 bits per heavy atom. The molecule has 0 aromatic rings. The Kier molecular flexibility index (Phi) is 4.73. The van der Waals surface area contributed by atoms with Crippen LogP contribution in [0.15, 0.2) is 0 Å². The topological polar surface area (TPSA) is 52.7 Å². The predicted octanol–water partition coefficient (Wildman–Crippen LogP) is -0.467. The number of carbonyl (C=O) groups excluding carboxylic acids is 2. The third-order valence-electron chi connectivity index (χ3n) is 2.92. The summed E-state index contributed by atoms with van der Waals surface area (Å²) in [4.78, 5) is 26.2. The van der Waals surface area contributed by atoms with Crippen molar-refractivity contribution >= 4 is 11.8 Å². The van der Waals surface area contributed by atoms with Gasteiger partial charge in [0.2, 0.25) is 11.8 Å². The Morgan fingerprint density at radius 1 is 1.25 bits per heavy atom. The second kappa shape index (κ2) is 5.84.